The van der Waals surface area contributed by atoms with Crippen LogP contribution in [0.25, 0.3) is 0 Å². The molecule has 2 aromatic heterocycles. The molecule has 4 heterocycles. The second kappa shape index (κ2) is 15.1. The number of hydrogen-bond donors (Lipinski definition) is 0. The predicted molar refractivity (Wildman–Crippen MR) is 214 cm³/mol. The number of rotatable bonds is 9. The zero-order valence-electron chi connectivity index (χ0n) is 36.2. The smallest absolute Gasteiger partial charge is 0.412 e. The maximum absolute atomic E-state index is 14.9. The highest BCUT2D eigenvalue weighted by Gasteiger charge is 2.66. The fourth-order valence-corrected chi connectivity index (χ4v) is 8.78. The zero-order valence-corrected chi connectivity index (χ0v) is 37.2. The van der Waals surface area contributed by atoms with Gasteiger partial charge in [-0.3, -0.25) is 19.8 Å². The van der Waals surface area contributed by atoms with E-state index >= 15 is 0 Å². The van der Waals surface area contributed by atoms with Gasteiger partial charge in [-0.15, -0.1) is 0 Å². The highest BCUT2D eigenvalue weighted by molar-refractivity contribution is 6.74. The van der Waals surface area contributed by atoms with Crippen molar-refractivity contribution in [2.45, 2.75) is 176 Å². The van der Waals surface area contributed by atoms with E-state index in [2.05, 4.69) is 70.7 Å². The highest BCUT2D eigenvalue weighted by Crippen LogP contribution is 2.52. The summed E-state index contributed by atoms with van der Waals surface area (Å²) in [6, 6.07) is 7.51. The second-order valence-corrected chi connectivity index (χ2v) is 24.5. The number of aromatic nitrogens is 2. The number of ether oxygens (including phenoxy) is 4. The largest absolute Gasteiger partial charge is 0.446 e. The number of amides is 2. The van der Waals surface area contributed by atoms with Gasteiger partial charge in [0.2, 0.25) is 0 Å². The number of aryl methyl sites for hydroxylation is 2. The molecule has 2 saturated heterocycles. The molecule has 0 bridgehead atoms. The molecule has 54 heavy (non-hydrogen) atoms. The van der Waals surface area contributed by atoms with Crippen LogP contribution >= 0.6 is 0 Å². The third-order valence-electron chi connectivity index (χ3n) is 11.4. The van der Waals surface area contributed by atoms with Crippen LogP contribution in [-0.2, 0) is 36.2 Å². The number of hydrogen-bond acceptors (Lipinski definition) is 9. The van der Waals surface area contributed by atoms with Crippen molar-refractivity contribution >= 4 is 20.5 Å². The van der Waals surface area contributed by atoms with Crippen LogP contribution in [0, 0.1) is 19.3 Å². The Morgan fingerprint density at radius 2 is 1.37 bits per heavy atom. The molecular weight excluding hydrogens is 701 g/mol. The van der Waals surface area contributed by atoms with Gasteiger partial charge < -0.3 is 23.4 Å². The van der Waals surface area contributed by atoms with E-state index in [9.17, 15) is 9.59 Å². The first kappa shape index (κ1) is 43.7. The minimum Gasteiger partial charge on any atom is -0.446 e. The number of pyridine rings is 2. The predicted octanol–water partition coefficient (Wildman–Crippen LogP) is 9.00. The van der Waals surface area contributed by atoms with Crippen molar-refractivity contribution in [2.24, 2.45) is 5.41 Å². The standard InChI is InChI=1S/C42H68N4O7Si/c1-28-22-30(18-20-43-28)24-32-33(51-40(12,13)45(32)35(47)53-38(6,7)8)26-49-36(48)46-41(14,15)52-34(27-50-54(16,17)39(9,10)11)42(46,37(3,4)5)25-31-19-21-44-29(2)23-31/h18-23,32-34H,24-27H2,1-17H3/t32?,33?,34-,42-/m1/s1. The summed E-state index contributed by atoms with van der Waals surface area (Å²) in [5.41, 5.74) is -0.427. The van der Waals surface area contributed by atoms with Crippen molar-refractivity contribution in [2.75, 3.05) is 13.2 Å². The van der Waals surface area contributed by atoms with Gasteiger partial charge in [0.15, 0.2) is 8.32 Å². The Balaban J connectivity index is 1.75. The molecule has 0 aromatic carbocycles. The molecule has 0 N–H and O–H groups in total. The number of nitrogens with zero attached hydrogens (tertiary/aromatic N) is 4. The Bertz CT molecular complexity index is 1660. The van der Waals surface area contributed by atoms with E-state index in [1.807, 2.05) is 91.6 Å². The lowest BCUT2D eigenvalue weighted by Crippen LogP contribution is -2.66. The van der Waals surface area contributed by atoms with E-state index < -0.39 is 66.8 Å². The summed E-state index contributed by atoms with van der Waals surface area (Å²) < 4.78 is 32.7. The van der Waals surface area contributed by atoms with Crippen molar-refractivity contribution in [3.8, 4) is 0 Å². The number of carbonyl (C=O) groups excluding carboxylic acids is 2. The molecule has 0 saturated carbocycles. The monoisotopic (exact) mass is 768 g/mol. The summed E-state index contributed by atoms with van der Waals surface area (Å²) in [5, 5.41) is -0.0138. The molecule has 0 aliphatic carbocycles. The van der Waals surface area contributed by atoms with Crippen molar-refractivity contribution in [3.05, 3.63) is 59.2 Å². The quantitative estimate of drug-likeness (QED) is 0.231. The molecule has 302 valence electrons. The third-order valence-corrected chi connectivity index (χ3v) is 15.9. The summed E-state index contributed by atoms with van der Waals surface area (Å²) in [7, 11) is -2.20. The normalized spacial score (nSPS) is 24.5. The van der Waals surface area contributed by atoms with E-state index in [-0.39, 0.29) is 11.6 Å². The molecule has 2 aliphatic rings. The molecule has 2 amide bonds. The van der Waals surface area contributed by atoms with Gasteiger partial charge in [-0.05, 0) is 134 Å². The summed E-state index contributed by atoms with van der Waals surface area (Å²) in [6.45, 7) is 34.8. The van der Waals surface area contributed by atoms with Crippen LogP contribution in [0.4, 0.5) is 9.59 Å². The van der Waals surface area contributed by atoms with Crippen molar-refractivity contribution < 1.29 is 33.0 Å². The van der Waals surface area contributed by atoms with Crippen LogP contribution in [0.3, 0.4) is 0 Å². The molecular formula is C42H68N4O7Si. The van der Waals surface area contributed by atoms with Gasteiger partial charge in [0.1, 0.15) is 35.9 Å². The summed E-state index contributed by atoms with van der Waals surface area (Å²) >= 11 is 0. The first-order chi connectivity index (χ1) is 24.5. The maximum atomic E-state index is 14.9. The first-order valence-corrected chi connectivity index (χ1v) is 22.2. The van der Waals surface area contributed by atoms with Gasteiger partial charge in [-0.2, -0.15) is 0 Å². The minimum absolute atomic E-state index is 0.0138. The fourth-order valence-electron chi connectivity index (χ4n) is 7.78. The Labute approximate surface area is 326 Å². The average molecular weight is 769 g/mol. The van der Waals surface area contributed by atoms with Crippen LogP contribution < -0.4 is 0 Å². The topological polar surface area (TPSA) is 113 Å². The molecule has 2 aromatic rings. The van der Waals surface area contributed by atoms with E-state index in [1.54, 1.807) is 11.1 Å². The second-order valence-electron chi connectivity index (χ2n) is 19.7. The van der Waals surface area contributed by atoms with Crippen LogP contribution in [-0.4, -0.2) is 94.3 Å². The molecule has 2 aliphatic heterocycles. The summed E-state index contributed by atoms with van der Waals surface area (Å²) in [4.78, 5) is 41.0. The zero-order chi connectivity index (χ0) is 40.9. The van der Waals surface area contributed by atoms with Crippen LogP contribution in [0.5, 0.6) is 0 Å². The third kappa shape index (κ3) is 9.30. The van der Waals surface area contributed by atoms with E-state index in [1.165, 1.54) is 0 Å². The van der Waals surface area contributed by atoms with Gasteiger partial charge >= 0.3 is 12.2 Å². The fraction of sp³-hybridized carbons (Fsp3) is 0.714. The molecule has 2 unspecified atom stereocenters. The Morgan fingerprint density at radius 3 is 1.89 bits per heavy atom. The van der Waals surface area contributed by atoms with Crippen LogP contribution in [0.15, 0.2) is 36.7 Å². The Kier molecular flexibility index (Phi) is 12.2. The Morgan fingerprint density at radius 1 is 0.815 bits per heavy atom. The van der Waals surface area contributed by atoms with Crippen molar-refractivity contribution in [1.82, 2.24) is 19.8 Å². The van der Waals surface area contributed by atoms with Crippen molar-refractivity contribution in [1.29, 1.82) is 0 Å². The summed E-state index contributed by atoms with van der Waals surface area (Å²) in [5.74, 6) is 0. The van der Waals surface area contributed by atoms with E-state index in [0.717, 1.165) is 22.5 Å². The molecule has 11 nitrogen and oxygen atoms in total. The summed E-state index contributed by atoms with van der Waals surface area (Å²) in [6.07, 6.45) is 2.37. The van der Waals surface area contributed by atoms with Crippen molar-refractivity contribution in [3.63, 3.8) is 0 Å². The van der Waals surface area contributed by atoms with Gasteiger partial charge in [0.25, 0.3) is 0 Å². The highest BCUT2D eigenvalue weighted by atomic mass is 28.4. The Hall–Kier alpha value is -3.06. The van der Waals surface area contributed by atoms with E-state index in [4.69, 9.17) is 23.4 Å². The van der Waals surface area contributed by atoms with Gasteiger partial charge in [-0.25, -0.2) is 9.59 Å². The van der Waals surface area contributed by atoms with Crippen LogP contribution in [0.1, 0.15) is 113 Å². The van der Waals surface area contributed by atoms with Gasteiger partial charge in [0, 0.05) is 23.8 Å². The lowest BCUT2D eigenvalue weighted by molar-refractivity contribution is -0.0987. The maximum Gasteiger partial charge on any atom is 0.412 e. The molecule has 0 spiro atoms. The van der Waals surface area contributed by atoms with E-state index in [0.29, 0.717) is 19.4 Å². The lowest BCUT2D eigenvalue weighted by Gasteiger charge is -2.51. The SMILES string of the molecule is Cc1cc(CC2C(COC(=O)N3C(C)(C)O[C@H](CO[Si](C)(C)C(C)(C)C)[C@]3(Cc3ccnc(C)c3)C(C)(C)C)OC(C)(C)N2C(=O)OC(C)(C)C)ccn1. The molecule has 12 heteroatoms. The minimum atomic E-state index is -2.20. The van der Waals surface area contributed by atoms with Gasteiger partial charge in [0.05, 0.1) is 18.2 Å². The lowest BCUT2D eigenvalue weighted by atomic mass is 9.66. The van der Waals surface area contributed by atoms with Crippen LogP contribution in [0.2, 0.25) is 18.1 Å². The molecule has 4 rings (SSSR count). The molecule has 2 fully saturated rings. The molecule has 4 atom stereocenters. The van der Waals surface area contributed by atoms with Gasteiger partial charge in [-0.1, -0.05) is 41.5 Å². The number of carbonyl (C=O) groups is 2. The molecule has 0 radical (unpaired) electrons. The average Bonchev–Trinajstić information content (AvgIpc) is 3.38. The first-order valence-electron chi connectivity index (χ1n) is 19.3.